The minimum atomic E-state index is -0.625. The molecule has 168 valence electrons. The third kappa shape index (κ3) is 6.43. The summed E-state index contributed by atoms with van der Waals surface area (Å²) in [6.45, 7) is 0.299. The molecule has 9 heteroatoms. The standard InChI is InChI=1S/C24H16BrCl3N2O3/c1-32-21-11-15(10-18(25)23(21)33-13-14-5-7-17(26)8-6-14)9-16(12-29)24(31)30-20-4-2-3-19(27)22(20)28/h2-11H,13H2,1H3,(H,30,31)/b16-9-. The van der Waals surface area contributed by atoms with E-state index in [9.17, 15) is 10.1 Å². The predicted molar refractivity (Wildman–Crippen MR) is 135 cm³/mol. The first-order valence-corrected chi connectivity index (χ1v) is 11.4. The Morgan fingerprint density at radius 2 is 1.88 bits per heavy atom. The molecule has 0 atom stereocenters. The van der Waals surface area contributed by atoms with Gasteiger partial charge in [0.1, 0.15) is 18.2 Å². The quantitative estimate of drug-likeness (QED) is 0.237. The summed E-state index contributed by atoms with van der Waals surface area (Å²) in [6, 6.07) is 17.4. The first-order chi connectivity index (χ1) is 15.8. The van der Waals surface area contributed by atoms with Crippen molar-refractivity contribution in [2.24, 2.45) is 0 Å². The molecule has 3 aromatic rings. The molecular formula is C24H16BrCl3N2O3. The molecule has 0 aliphatic heterocycles. The number of benzene rings is 3. The second kappa shape index (κ2) is 11.4. The topological polar surface area (TPSA) is 71.3 Å². The van der Waals surface area contributed by atoms with Gasteiger partial charge in [0.25, 0.3) is 5.91 Å². The highest BCUT2D eigenvalue weighted by Gasteiger charge is 2.15. The van der Waals surface area contributed by atoms with Gasteiger partial charge < -0.3 is 14.8 Å². The van der Waals surface area contributed by atoms with Gasteiger partial charge in [-0.1, -0.05) is 53.0 Å². The second-order valence-electron chi connectivity index (χ2n) is 6.67. The van der Waals surface area contributed by atoms with Crippen molar-refractivity contribution in [2.45, 2.75) is 6.61 Å². The summed E-state index contributed by atoms with van der Waals surface area (Å²) < 4.78 is 12.0. The molecule has 0 saturated heterocycles. The van der Waals surface area contributed by atoms with Crippen molar-refractivity contribution in [3.8, 4) is 17.6 Å². The number of halogens is 4. The SMILES string of the molecule is COc1cc(/C=C(/C#N)C(=O)Nc2cccc(Cl)c2Cl)cc(Br)c1OCc1ccc(Cl)cc1. The van der Waals surface area contributed by atoms with Crippen LogP contribution in [0.2, 0.25) is 15.1 Å². The van der Waals surface area contributed by atoms with Gasteiger partial charge in [-0.05, 0) is 69.5 Å². The lowest BCUT2D eigenvalue weighted by atomic mass is 10.1. The van der Waals surface area contributed by atoms with E-state index in [1.54, 1.807) is 42.5 Å². The van der Waals surface area contributed by atoms with E-state index in [0.29, 0.717) is 43.9 Å². The van der Waals surface area contributed by atoms with Crippen LogP contribution in [-0.4, -0.2) is 13.0 Å². The molecule has 1 N–H and O–H groups in total. The zero-order valence-electron chi connectivity index (χ0n) is 17.2. The molecule has 33 heavy (non-hydrogen) atoms. The molecule has 0 saturated carbocycles. The molecule has 0 unspecified atom stereocenters. The number of methoxy groups -OCH3 is 1. The molecule has 5 nitrogen and oxygen atoms in total. The van der Waals surface area contributed by atoms with Crippen LogP contribution in [-0.2, 0) is 11.4 Å². The van der Waals surface area contributed by atoms with E-state index in [1.807, 2.05) is 18.2 Å². The number of hydrogen-bond acceptors (Lipinski definition) is 4. The van der Waals surface area contributed by atoms with Crippen molar-refractivity contribution in [1.29, 1.82) is 5.26 Å². The Hall–Kier alpha value is -2.69. The molecule has 1 amide bonds. The number of ether oxygens (including phenoxy) is 2. The summed E-state index contributed by atoms with van der Waals surface area (Å²) in [7, 11) is 1.50. The third-order valence-electron chi connectivity index (χ3n) is 4.42. The van der Waals surface area contributed by atoms with Crippen LogP contribution in [0.4, 0.5) is 5.69 Å². The monoisotopic (exact) mass is 564 g/mol. The third-order valence-corrected chi connectivity index (χ3v) is 6.08. The largest absolute Gasteiger partial charge is 0.493 e. The Kier molecular flexibility index (Phi) is 8.65. The Morgan fingerprint density at radius 1 is 1.15 bits per heavy atom. The number of hydrogen-bond donors (Lipinski definition) is 1. The van der Waals surface area contributed by atoms with Gasteiger partial charge in [0.05, 0.1) is 27.3 Å². The summed E-state index contributed by atoms with van der Waals surface area (Å²) in [6.07, 6.45) is 1.43. The number of carbonyl (C=O) groups excluding carboxylic acids is 1. The summed E-state index contributed by atoms with van der Waals surface area (Å²) in [4.78, 5) is 12.6. The van der Waals surface area contributed by atoms with E-state index in [2.05, 4.69) is 21.2 Å². The lowest BCUT2D eigenvalue weighted by Gasteiger charge is -2.14. The minimum Gasteiger partial charge on any atom is -0.493 e. The van der Waals surface area contributed by atoms with Crippen LogP contribution in [0, 0.1) is 11.3 Å². The Morgan fingerprint density at radius 3 is 2.55 bits per heavy atom. The van der Waals surface area contributed by atoms with E-state index in [-0.39, 0.29) is 10.6 Å². The summed E-state index contributed by atoms with van der Waals surface area (Å²) >= 11 is 21.5. The van der Waals surface area contributed by atoms with Crippen molar-refractivity contribution >= 4 is 68.4 Å². The van der Waals surface area contributed by atoms with Crippen LogP contribution in [0.1, 0.15) is 11.1 Å². The maximum atomic E-state index is 12.6. The number of carbonyl (C=O) groups is 1. The van der Waals surface area contributed by atoms with Gasteiger partial charge in [0.2, 0.25) is 0 Å². The average molecular weight is 567 g/mol. The number of amides is 1. The van der Waals surface area contributed by atoms with E-state index in [0.717, 1.165) is 5.56 Å². The van der Waals surface area contributed by atoms with Gasteiger partial charge in [-0.25, -0.2) is 0 Å². The lowest BCUT2D eigenvalue weighted by molar-refractivity contribution is -0.112. The zero-order chi connectivity index (χ0) is 24.0. The molecular weight excluding hydrogens is 551 g/mol. The fourth-order valence-corrected chi connectivity index (χ4v) is 3.85. The molecule has 3 rings (SSSR count). The van der Waals surface area contributed by atoms with Gasteiger partial charge in [-0.2, -0.15) is 5.26 Å². The number of nitrogens with zero attached hydrogens (tertiary/aromatic N) is 1. The van der Waals surface area contributed by atoms with Crippen molar-refractivity contribution in [3.63, 3.8) is 0 Å². The number of rotatable bonds is 7. The number of anilines is 1. The molecule has 0 fully saturated rings. The smallest absolute Gasteiger partial charge is 0.266 e. The average Bonchev–Trinajstić information content (AvgIpc) is 2.80. The highest BCUT2D eigenvalue weighted by molar-refractivity contribution is 9.10. The van der Waals surface area contributed by atoms with Crippen LogP contribution < -0.4 is 14.8 Å². The van der Waals surface area contributed by atoms with Crippen LogP contribution in [0.25, 0.3) is 6.08 Å². The molecule has 0 aliphatic carbocycles. The van der Waals surface area contributed by atoms with E-state index in [1.165, 1.54) is 13.2 Å². The van der Waals surface area contributed by atoms with Crippen LogP contribution in [0.5, 0.6) is 11.5 Å². The van der Waals surface area contributed by atoms with E-state index < -0.39 is 5.91 Å². The lowest BCUT2D eigenvalue weighted by Crippen LogP contribution is -2.13. The molecule has 0 aromatic heterocycles. The zero-order valence-corrected chi connectivity index (χ0v) is 21.0. The first kappa shape index (κ1) is 24.9. The second-order valence-corrected chi connectivity index (χ2v) is 8.75. The maximum Gasteiger partial charge on any atom is 0.266 e. The van der Waals surface area contributed by atoms with Gasteiger partial charge in [-0.3, -0.25) is 4.79 Å². The molecule has 0 aliphatic rings. The van der Waals surface area contributed by atoms with Gasteiger partial charge >= 0.3 is 0 Å². The van der Waals surface area contributed by atoms with Gasteiger partial charge in [-0.15, -0.1) is 0 Å². The fourth-order valence-electron chi connectivity index (χ4n) is 2.80. The van der Waals surface area contributed by atoms with Crippen LogP contribution >= 0.6 is 50.7 Å². The van der Waals surface area contributed by atoms with Crippen LogP contribution in [0.15, 0.2) is 64.6 Å². The van der Waals surface area contributed by atoms with Crippen molar-refractivity contribution in [3.05, 3.63) is 90.8 Å². The normalized spacial score (nSPS) is 11.0. The van der Waals surface area contributed by atoms with Crippen molar-refractivity contribution in [1.82, 2.24) is 0 Å². The Bertz CT molecular complexity index is 1260. The predicted octanol–water partition coefficient (Wildman–Crippen LogP) is 7.54. The number of nitrogens with one attached hydrogen (secondary N) is 1. The highest BCUT2D eigenvalue weighted by Crippen LogP contribution is 2.38. The molecule has 0 heterocycles. The molecule has 3 aromatic carbocycles. The maximum absolute atomic E-state index is 12.6. The first-order valence-electron chi connectivity index (χ1n) is 9.44. The van der Waals surface area contributed by atoms with E-state index in [4.69, 9.17) is 44.3 Å². The van der Waals surface area contributed by atoms with E-state index >= 15 is 0 Å². The summed E-state index contributed by atoms with van der Waals surface area (Å²) in [5.41, 5.74) is 1.66. The van der Waals surface area contributed by atoms with Crippen molar-refractivity contribution < 1.29 is 14.3 Å². The van der Waals surface area contributed by atoms with Gasteiger partial charge in [0.15, 0.2) is 11.5 Å². The van der Waals surface area contributed by atoms with Crippen molar-refractivity contribution in [2.75, 3.05) is 12.4 Å². The summed E-state index contributed by atoms with van der Waals surface area (Å²) in [5.74, 6) is 0.290. The summed E-state index contributed by atoms with van der Waals surface area (Å²) in [5, 5.41) is 13.2. The molecule has 0 spiro atoms. The van der Waals surface area contributed by atoms with Crippen LogP contribution in [0.3, 0.4) is 0 Å². The fraction of sp³-hybridized carbons (Fsp3) is 0.0833. The Labute approximate surface area is 214 Å². The molecule has 0 bridgehead atoms. The number of nitriles is 1. The van der Waals surface area contributed by atoms with Gasteiger partial charge in [0, 0.05) is 5.02 Å². The highest BCUT2D eigenvalue weighted by atomic mass is 79.9. The molecule has 0 radical (unpaired) electrons. The minimum absolute atomic E-state index is 0.130. The Balaban J connectivity index is 1.83.